The van der Waals surface area contributed by atoms with E-state index in [1.165, 1.54) is 0 Å². The number of hydrogen-bond donors (Lipinski definition) is 1. The number of alkyl halides is 1. The minimum absolute atomic E-state index is 0.312. The van der Waals surface area contributed by atoms with E-state index in [1.807, 2.05) is 0 Å². The summed E-state index contributed by atoms with van der Waals surface area (Å²) in [4.78, 5) is 0. The average Bonchev–Trinajstić information content (AvgIpc) is 1.68. The molecule has 0 radical (unpaired) electrons. The van der Waals surface area contributed by atoms with Crippen LogP contribution >= 0.6 is 15.9 Å². The van der Waals surface area contributed by atoms with Gasteiger partial charge in [0.15, 0.2) is 0 Å². The van der Waals surface area contributed by atoms with Crippen molar-refractivity contribution in [3.05, 3.63) is 0 Å². The summed E-state index contributed by atoms with van der Waals surface area (Å²) < 4.78 is 0. The van der Waals surface area contributed by atoms with Crippen LogP contribution in [-0.4, -0.2) is 17.0 Å². The quantitative estimate of drug-likeness (QED) is 0.630. The van der Waals surface area contributed by atoms with Crippen LogP contribution < -0.4 is 0 Å². The van der Waals surface area contributed by atoms with Gasteiger partial charge in [0, 0.05) is 11.9 Å². The predicted octanol–water partition coefficient (Wildman–Crippen LogP) is 1.40. The fourth-order valence-corrected chi connectivity index (χ4v) is 0.621. The molecule has 0 aromatic carbocycles. The van der Waals surface area contributed by atoms with Crippen molar-refractivity contribution in [2.75, 3.05) is 11.9 Å². The molecule has 0 aliphatic heterocycles. The van der Waals surface area contributed by atoms with Crippen LogP contribution in [0.1, 0.15) is 13.3 Å². The highest BCUT2D eigenvalue weighted by molar-refractivity contribution is 9.09. The van der Waals surface area contributed by atoms with Crippen LogP contribution in [0.4, 0.5) is 0 Å². The van der Waals surface area contributed by atoms with Crippen molar-refractivity contribution in [1.29, 1.82) is 0 Å². The first kappa shape index (κ1) is 7.44. The Morgan fingerprint density at radius 1 is 1.71 bits per heavy atom. The van der Waals surface area contributed by atoms with Crippen LogP contribution in [-0.2, 0) is 0 Å². The van der Waals surface area contributed by atoms with Gasteiger partial charge in [0.1, 0.15) is 0 Å². The SMILES string of the molecule is C[C@@H](CBr)CCO. The minimum Gasteiger partial charge on any atom is -0.396 e. The van der Waals surface area contributed by atoms with Gasteiger partial charge in [-0.2, -0.15) is 0 Å². The van der Waals surface area contributed by atoms with E-state index in [2.05, 4.69) is 22.9 Å². The summed E-state index contributed by atoms with van der Waals surface area (Å²) in [7, 11) is 0. The van der Waals surface area contributed by atoms with Crippen LogP contribution in [0.15, 0.2) is 0 Å². The molecule has 7 heavy (non-hydrogen) atoms. The number of rotatable bonds is 3. The Balaban J connectivity index is 2.83. The molecule has 0 amide bonds. The number of aliphatic hydroxyl groups excluding tert-OH is 1. The van der Waals surface area contributed by atoms with Gasteiger partial charge in [-0.25, -0.2) is 0 Å². The highest BCUT2D eigenvalue weighted by Crippen LogP contribution is 2.02. The van der Waals surface area contributed by atoms with Crippen molar-refractivity contribution in [3.63, 3.8) is 0 Å². The third-order valence-electron chi connectivity index (χ3n) is 0.885. The standard InChI is InChI=1S/C5H11BrO/c1-5(4-6)2-3-7/h5,7H,2-4H2,1H3/t5-/m1/s1. The zero-order chi connectivity index (χ0) is 5.70. The van der Waals surface area contributed by atoms with Gasteiger partial charge in [0.25, 0.3) is 0 Å². The maximum atomic E-state index is 8.35. The maximum absolute atomic E-state index is 8.35. The highest BCUT2D eigenvalue weighted by Gasteiger charge is 1.94. The van der Waals surface area contributed by atoms with Crippen molar-refractivity contribution < 1.29 is 5.11 Å². The Bertz CT molecular complexity index is 39.1. The van der Waals surface area contributed by atoms with E-state index < -0.39 is 0 Å². The van der Waals surface area contributed by atoms with Gasteiger partial charge in [-0.05, 0) is 12.3 Å². The van der Waals surface area contributed by atoms with Crippen LogP contribution in [0.3, 0.4) is 0 Å². The molecule has 44 valence electrons. The molecule has 1 atom stereocenters. The monoisotopic (exact) mass is 166 g/mol. The summed E-state index contributed by atoms with van der Waals surface area (Å²) in [6.45, 7) is 2.41. The Morgan fingerprint density at radius 3 is 2.43 bits per heavy atom. The maximum Gasteiger partial charge on any atom is 0.0433 e. The molecular weight excluding hydrogens is 156 g/mol. The summed E-state index contributed by atoms with van der Waals surface area (Å²) in [6.07, 6.45) is 0.908. The van der Waals surface area contributed by atoms with E-state index in [1.54, 1.807) is 0 Å². The van der Waals surface area contributed by atoms with Crippen molar-refractivity contribution in [2.24, 2.45) is 5.92 Å². The van der Waals surface area contributed by atoms with Gasteiger partial charge < -0.3 is 5.11 Å². The van der Waals surface area contributed by atoms with Crippen molar-refractivity contribution in [1.82, 2.24) is 0 Å². The van der Waals surface area contributed by atoms with Crippen molar-refractivity contribution in [2.45, 2.75) is 13.3 Å². The Morgan fingerprint density at radius 2 is 2.29 bits per heavy atom. The minimum atomic E-state index is 0.312. The van der Waals surface area contributed by atoms with Crippen LogP contribution in [0.25, 0.3) is 0 Å². The third-order valence-corrected chi connectivity index (χ3v) is 1.99. The lowest BCUT2D eigenvalue weighted by Gasteiger charge is -2.00. The van der Waals surface area contributed by atoms with Gasteiger partial charge in [0.05, 0.1) is 0 Å². The smallest absolute Gasteiger partial charge is 0.0433 e. The third kappa shape index (κ3) is 4.29. The number of halogens is 1. The Hall–Kier alpha value is 0.440. The topological polar surface area (TPSA) is 20.2 Å². The second-order valence-electron chi connectivity index (χ2n) is 1.77. The summed E-state index contributed by atoms with van der Waals surface area (Å²) >= 11 is 3.30. The summed E-state index contributed by atoms with van der Waals surface area (Å²) in [5, 5.41) is 9.34. The van der Waals surface area contributed by atoms with Crippen molar-refractivity contribution in [3.8, 4) is 0 Å². The molecule has 0 aromatic rings. The Kier molecular flexibility index (Phi) is 4.88. The van der Waals surface area contributed by atoms with Gasteiger partial charge in [-0.3, -0.25) is 0 Å². The molecule has 0 saturated heterocycles. The van der Waals surface area contributed by atoms with Crippen LogP contribution in [0.5, 0.6) is 0 Å². The first-order chi connectivity index (χ1) is 3.31. The van der Waals surface area contributed by atoms with Gasteiger partial charge in [0.2, 0.25) is 0 Å². The van der Waals surface area contributed by atoms with E-state index in [-0.39, 0.29) is 0 Å². The van der Waals surface area contributed by atoms with Gasteiger partial charge >= 0.3 is 0 Å². The highest BCUT2D eigenvalue weighted by atomic mass is 79.9. The second kappa shape index (κ2) is 4.60. The molecule has 2 heteroatoms. The Labute approximate surface area is 52.9 Å². The summed E-state index contributed by atoms with van der Waals surface area (Å²) in [5.41, 5.74) is 0. The largest absolute Gasteiger partial charge is 0.396 e. The van der Waals surface area contributed by atoms with E-state index in [0.717, 1.165) is 11.8 Å². The average molecular weight is 167 g/mol. The lowest BCUT2D eigenvalue weighted by Crippen LogP contribution is -1.97. The summed E-state index contributed by atoms with van der Waals surface area (Å²) in [5.74, 6) is 0.616. The van der Waals surface area contributed by atoms with E-state index >= 15 is 0 Å². The molecule has 0 spiro atoms. The van der Waals surface area contributed by atoms with Crippen molar-refractivity contribution >= 4 is 15.9 Å². The lowest BCUT2D eigenvalue weighted by atomic mass is 10.1. The zero-order valence-electron chi connectivity index (χ0n) is 4.52. The van der Waals surface area contributed by atoms with E-state index in [4.69, 9.17) is 5.11 Å². The molecule has 0 heterocycles. The van der Waals surface area contributed by atoms with Gasteiger partial charge in [-0.1, -0.05) is 22.9 Å². The number of aliphatic hydroxyl groups is 1. The zero-order valence-corrected chi connectivity index (χ0v) is 6.11. The fourth-order valence-electron chi connectivity index (χ4n) is 0.298. The van der Waals surface area contributed by atoms with Crippen LogP contribution in [0.2, 0.25) is 0 Å². The number of hydrogen-bond acceptors (Lipinski definition) is 1. The molecule has 0 unspecified atom stereocenters. The predicted molar refractivity (Wildman–Crippen MR) is 34.7 cm³/mol. The molecule has 0 aromatic heterocycles. The fraction of sp³-hybridized carbons (Fsp3) is 1.00. The van der Waals surface area contributed by atoms with E-state index in [0.29, 0.717) is 12.5 Å². The van der Waals surface area contributed by atoms with E-state index in [9.17, 15) is 0 Å². The first-order valence-corrected chi connectivity index (χ1v) is 3.60. The second-order valence-corrected chi connectivity index (χ2v) is 2.42. The molecule has 1 nitrogen and oxygen atoms in total. The molecule has 1 N–H and O–H groups in total. The molecule has 0 bridgehead atoms. The molecule has 0 fully saturated rings. The molecule has 0 aliphatic carbocycles. The molecule has 0 aliphatic rings. The lowest BCUT2D eigenvalue weighted by molar-refractivity contribution is 0.269. The normalized spacial score (nSPS) is 14.1. The van der Waals surface area contributed by atoms with Crippen LogP contribution in [0, 0.1) is 5.92 Å². The molecule has 0 saturated carbocycles. The molecular formula is C5H11BrO. The first-order valence-electron chi connectivity index (χ1n) is 2.48. The molecule has 0 rings (SSSR count). The summed E-state index contributed by atoms with van der Waals surface area (Å²) in [6, 6.07) is 0. The van der Waals surface area contributed by atoms with Gasteiger partial charge in [-0.15, -0.1) is 0 Å².